The molecular weight excluding hydrogens is 212 g/mol. The zero-order chi connectivity index (χ0) is 12.5. The van der Waals surface area contributed by atoms with Gasteiger partial charge >= 0.3 is 0 Å². The van der Waals surface area contributed by atoms with E-state index in [9.17, 15) is 9.90 Å². The molecule has 0 bridgehead atoms. The van der Waals surface area contributed by atoms with E-state index in [1.54, 1.807) is 12.1 Å². The summed E-state index contributed by atoms with van der Waals surface area (Å²) in [4.78, 5) is 11.2. The molecule has 0 radical (unpaired) electrons. The molecule has 2 heteroatoms. The predicted octanol–water partition coefficient (Wildman–Crippen LogP) is 3.35. The van der Waals surface area contributed by atoms with Crippen molar-refractivity contribution in [1.29, 1.82) is 0 Å². The SMILES string of the molecule is CC(C)(C1=CCC(=O)CC1)c1ccc(O)cc1. The summed E-state index contributed by atoms with van der Waals surface area (Å²) in [5.74, 6) is 0.618. The van der Waals surface area contributed by atoms with Crippen molar-refractivity contribution in [1.82, 2.24) is 0 Å². The van der Waals surface area contributed by atoms with Crippen molar-refractivity contribution in [2.24, 2.45) is 0 Å². The summed E-state index contributed by atoms with van der Waals surface area (Å²) < 4.78 is 0. The fourth-order valence-corrected chi connectivity index (χ4v) is 2.35. The maximum absolute atomic E-state index is 11.2. The minimum absolute atomic E-state index is 0.0611. The van der Waals surface area contributed by atoms with Crippen molar-refractivity contribution >= 4 is 5.78 Å². The molecule has 2 nitrogen and oxygen atoms in total. The van der Waals surface area contributed by atoms with Crippen molar-refractivity contribution in [3.63, 3.8) is 0 Å². The smallest absolute Gasteiger partial charge is 0.136 e. The molecule has 0 unspecified atom stereocenters. The molecule has 0 heterocycles. The Hall–Kier alpha value is -1.57. The van der Waals surface area contributed by atoms with E-state index >= 15 is 0 Å². The van der Waals surface area contributed by atoms with Gasteiger partial charge in [-0.3, -0.25) is 4.79 Å². The lowest BCUT2D eigenvalue weighted by Gasteiger charge is -2.30. The van der Waals surface area contributed by atoms with Gasteiger partial charge in [-0.05, 0) is 24.1 Å². The van der Waals surface area contributed by atoms with E-state index < -0.39 is 0 Å². The van der Waals surface area contributed by atoms with Crippen molar-refractivity contribution in [3.05, 3.63) is 41.5 Å². The summed E-state index contributed by atoms with van der Waals surface area (Å²) >= 11 is 0. The van der Waals surface area contributed by atoms with E-state index in [1.165, 1.54) is 11.1 Å². The van der Waals surface area contributed by atoms with E-state index in [-0.39, 0.29) is 11.2 Å². The van der Waals surface area contributed by atoms with Gasteiger partial charge in [0.05, 0.1) is 0 Å². The van der Waals surface area contributed by atoms with Crippen LogP contribution >= 0.6 is 0 Å². The predicted molar refractivity (Wildman–Crippen MR) is 68.1 cm³/mol. The first-order valence-corrected chi connectivity index (χ1v) is 6.01. The zero-order valence-electron chi connectivity index (χ0n) is 10.4. The molecule has 1 aliphatic rings. The van der Waals surface area contributed by atoms with E-state index in [0.29, 0.717) is 18.6 Å². The number of ketones is 1. The Kier molecular flexibility index (Phi) is 3.05. The van der Waals surface area contributed by atoms with Gasteiger partial charge < -0.3 is 5.11 Å². The van der Waals surface area contributed by atoms with E-state index in [0.717, 1.165) is 6.42 Å². The van der Waals surface area contributed by atoms with Gasteiger partial charge in [-0.15, -0.1) is 0 Å². The highest BCUT2D eigenvalue weighted by Gasteiger charge is 2.27. The van der Waals surface area contributed by atoms with E-state index in [4.69, 9.17) is 0 Å². The number of phenols is 1. The number of carbonyl (C=O) groups excluding carboxylic acids is 1. The Morgan fingerprint density at radius 2 is 1.76 bits per heavy atom. The molecule has 0 atom stereocenters. The van der Waals surface area contributed by atoms with Crippen molar-refractivity contribution in [2.45, 2.75) is 38.5 Å². The van der Waals surface area contributed by atoms with Gasteiger partial charge in [0.15, 0.2) is 0 Å². The molecule has 90 valence electrons. The number of hydrogen-bond donors (Lipinski definition) is 1. The molecule has 2 rings (SSSR count). The largest absolute Gasteiger partial charge is 0.508 e. The molecule has 1 aromatic rings. The topological polar surface area (TPSA) is 37.3 Å². The highest BCUT2D eigenvalue weighted by molar-refractivity contribution is 5.81. The molecule has 1 aliphatic carbocycles. The molecule has 0 fully saturated rings. The summed E-state index contributed by atoms with van der Waals surface area (Å²) in [6, 6.07) is 7.33. The Bertz CT molecular complexity index is 452. The Morgan fingerprint density at radius 1 is 1.12 bits per heavy atom. The summed E-state index contributed by atoms with van der Waals surface area (Å²) in [5, 5.41) is 9.31. The number of carbonyl (C=O) groups is 1. The number of allylic oxidation sites excluding steroid dienone is 2. The van der Waals surface area contributed by atoms with Crippen molar-refractivity contribution in [2.75, 3.05) is 0 Å². The van der Waals surface area contributed by atoms with Crippen molar-refractivity contribution < 1.29 is 9.90 Å². The van der Waals surface area contributed by atoms with Crippen LogP contribution in [-0.2, 0) is 10.2 Å². The normalized spacial score (nSPS) is 16.8. The average Bonchev–Trinajstić information content (AvgIpc) is 2.30. The number of hydrogen-bond acceptors (Lipinski definition) is 2. The summed E-state index contributed by atoms with van der Waals surface area (Å²) in [6.45, 7) is 4.34. The van der Waals surface area contributed by atoms with Crippen LogP contribution in [0.5, 0.6) is 5.75 Å². The highest BCUT2D eigenvalue weighted by Crippen LogP contribution is 2.36. The van der Waals surface area contributed by atoms with Crippen LogP contribution in [0.3, 0.4) is 0 Å². The van der Waals surface area contributed by atoms with Gasteiger partial charge in [-0.25, -0.2) is 0 Å². The summed E-state index contributed by atoms with van der Waals surface area (Å²) in [5.41, 5.74) is 2.44. The highest BCUT2D eigenvalue weighted by atomic mass is 16.3. The second-order valence-corrected chi connectivity index (χ2v) is 5.14. The van der Waals surface area contributed by atoms with Gasteiger partial charge in [0, 0.05) is 18.3 Å². The van der Waals surface area contributed by atoms with Gasteiger partial charge in [-0.1, -0.05) is 37.6 Å². The molecular formula is C15H18O2. The molecule has 0 saturated carbocycles. The van der Waals surface area contributed by atoms with Crippen LogP contribution in [0.25, 0.3) is 0 Å². The number of aromatic hydroxyl groups is 1. The molecule has 0 aromatic heterocycles. The lowest BCUT2D eigenvalue weighted by molar-refractivity contribution is -0.118. The van der Waals surface area contributed by atoms with Crippen molar-refractivity contribution in [3.8, 4) is 5.75 Å². The number of phenolic OH excluding ortho intramolecular Hbond substituents is 1. The van der Waals surface area contributed by atoms with Gasteiger partial charge in [-0.2, -0.15) is 0 Å². The van der Waals surface area contributed by atoms with Crippen LogP contribution in [0.15, 0.2) is 35.9 Å². The van der Waals surface area contributed by atoms with Crippen LogP contribution in [0, 0.1) is 0 Å². The van der Waals surface area contributed by atoms with Crippen LogP contribution in [0.4, 0.5) is 0 Å². The Labute approximate surface area is 102 Å². The molecule has 0 saturated heterocycles. The lowest BCUT2D eigenvalue weighted by atomic mass is 9.73. The van der Waals surface area contributed by atoms with Gasteiger partial charge in [0.2, 0.25) is 0 Å². The van der Waals surface area contributed by atoms with Gasteiger partial charge in [0.25, 0.3) is 0 Å². The minimum Gasteiger partial charge on any atom is -0.508 e. The summed E-state index contributed by atoms with van der Waals surface area (Å²) in [7, 11) is 0. The third kappa shape index (κ3) is 2.41. The third-order valence-corrected chi connectivity index (χ3v) is 3.64. The maximum atomic E-state index is 11.2. The second kappa shape index (κ2) is 4.36. The first-order chi connectivity index (χ1) is 8.00. The van der Waals surface area contributed by atoms with Gasteiger partial charge in [0.1, 0.15) is 11.5 Å². The maximum Gasteiger partial charge on any atom is 0.136 e. The molecule has 1 N–H and O–H groups in total. The zero-order valence-corrected chi connectivity index (χ0v) is 10.4. The fraction of sp³-hybridized carbons (Fsp3) is 0.400. The second-order valence-electron chi connectivity index (χ2n) is 5.14. The standard InChI is InChI=1S/C15H18O2/c1-15(2,11-3-7-13(16)8-4-11)12-5-9-14(17)10-6-12/h3-5,7-8,16H,6,9-10H2,1-2H3. The first kappa shape index (κ1) is 11.9. The van der Waals surface area contributed by atoms with E-state index in [2.05, 4.69) is 19.9 Å². The van der Waals surface area contributed by atoms with Crippen LogP contribution < -0.4 is 0 Å². The summed E-state index contributed by atoms with van der Waals surface area (Å²) in [6.07, 6.45) is 4.15. The molecule has 0 spiro atoms. The minimum atomic E-state index is -0.0611. The quantitative estimate of drug-likeness (QED) is 0.791. The van der Waals surface area contributed by atoms with Crippen LogP contribution in [-0.4, -0.2) is 10.9 Å². The third-order valence-electron chi connectivity index (χ3n) is 3.64. The lowest BCUT2D eigenvalue weighted by Crippen LogP contribution is -2.23. The Morgan fingerprint density at radius 3 is 2.29 bits per heavy atom. The average molecular weight is 230 g/mol. The number of benzene rings is 1. The monoisotopic (exact) mass is 230 g/mol. The molecule has 1 aromatic carbocycles. The fourth-order valence-electron chi connectivity index (χ4n) is 2.35. The number of rotatable bonds is 2. The first-order valence-electron chi connectivity index (χ1n) is 6.01. The van der Waals surface area contributed by atoms with E-state index in [1.807, 2.05) is 12.1 Å². The van der Waals surface area contributed by atoms with Crippen LogP contribution in [0.2, 0.25) is 0 Å². The molecule has 0 aliphatic heterocycles. The number of Topliss-reactive ketones (excluding diaryl/α,β-unsaturated/α-hetero) is 1. The molecule has 0 amide bonds. The molecule has 17 heavy (non-hydrogen) atoms. The van der Waals surface area contributed by atoms with Crippen LogP contribution in [0.1, 0.15) is 38.7 Å². The Balaban J connectivity index is 2.29.